The van der Waals surface area contributed by atoms with Gasteiger partial charge in [-0.05, 0) is 127 Å². The summed E-state index contributed by atoms with van der Waals surface area (Å²) in [7, 11) is 1.00. The molecule has 10 rings (SSSR count). The van der Waals surface area contributed by atoms with Crippen molar-refractivity contribution in [2.45, 2.75) is 24.8 Å². The summed E-state index contributed by atoms with van der Waals surface area (Å²) in [5.74, 6) is 0. The maximum absolute atomic E-state index is 7.00. The van der Waals surface area contributed by atoms with E-state index in [1.165, 1.54) is 38.9 Å². The Morgan fingerprint density at radius 1 is 0.492 bits per heavy atom. The molecule has 320 valence electrons. The molecule has 4 N–H and O–H groups in total. The largest absolute Gasteiger partial charge is 0.400 e. The maximum atomic E-state index is 7.00. The van der Waals surface area contributed by atoms with E-state index in [1.54, 1.807) is 0 Å². The molecule has 0 aliphatic heterocycles. The fourth-order valence-corrected chi connectivity index (χ4v) is 9.21. The highest BCUT2D eigenvalue weighted by molar-refractivity contribution is 5.93. The maximum Gasteiger partial charge on any atom is 0.0704 e. The number of allylic oxidation sites excluding steroid dienone is 5. The van der Waals surface area contributed by atoms with Gasteiger partial charge in [0.05, 0.1) is 11.5 Å². The fourth-order valence-electron chi connectivity index (χ4n) is 9.21. The van der Waals surface area contributed by atoms with Gasteiger partial charge in [-0.25, -0.2) is 0 Å². The normalized spacial score (nSPS) is 15.8. The van der Waals surface area contributed by atoms with Gasteiger partial charge in [0, 0.05) is 7.11 Å². The lowest BCUT2D eigenvalue weighted by Gasteiger charge is -2.41. The molecule has 0 radical (unpaired) electrons. The van der Waals surface area contributed by atoms with Crippen LogP contribution in [0.2, 0.25) is 0 Å². The van der Waals surface area contributed by atoms with Gasteiger partial charge in [0.1, 0.15) is 0 Å². The van der Waals surface area contributed by atoms with Crippen molar-refractivity contribution >= 4 is 18.4 Å². The molecule has 0 fully saturated rings. The highest BCUT2D eigenvalue weighted by Gasteiger charge is 2.44. The zero-order valence-corrected chi connectivity index (χ0v) is 37.3. The smallest absolute Gasteiger partial charge is 0.0704 e. The van der Waals surface area contributed by atoms with Gasteiger partial charge in [0.15, 0.2) is 0 Å². The Morgan fingerprint density at radius 3 is 1.72 bits per heavy atom. The Balaban J connectivity index is 0.000000514. The minimum atomic E-state index is -0.749. The monoisotopic (exact) mass is 844 g/mol. The molecule has 0 aromatic heterocycles. The summed E-state index contributed by atoms with van der Waals surface area (Å²) in [6.07, 6.45) is 9.40. The molecule has 8 aromatic rings. The number of fused-ring (bicyclic) bond motifs is 7. The summed E-state index contributed by atoms with van der Waals surface area (Å²) < 4.78 is 0. The molecule has 1 spiro atoms. The molecule has 0 heterocycles. The van der Waals surface area contributed by atoms with Gasteiger partial charge < -0.3 is 16.2 Å². The lowest BCUT2D eigenvalue weighted by molar-refractivity contribution is 0.399. The summed E-state index contributed by atoms with van der Waals surface area (Å²) in [6.45, 7) is 14.5. The summed E-state index contributed by atoms with van der Waals surface area (Å²) in [6, 6.07) is 71.2. The van der Waals surface area contributed by atoms with Crippen molar-refractivity contribution in [1.82, 2.24) is 0 Å². The second kappa shape index (κ2) is 21.1. The molecule has 0 saturated carbocycles. The van der Waals surface area contributed by atoms with Crippen LogP contribution in [0.1, 0.15) is 56.1 Å². The van der Waals surface area contributed by atoms with E-state index in [1.807, 2.05) is 36.4 Å². The molecule has 2 aliphatic rings. The Hall–Kier alpha value is -7.69. The van der Waals surface area contributed by atoms with E-state index < -0.39 is 5.41 Å². The quantitative estimate of drug-likeness (QED) is 0.154. The third kappa shape index (κ3) is 9.35. The van der Waals surface area contributed by atoms with Gasteiger partial charge in [-0.1, -0.05) is 225 Å². The molecule has 8 aromatic carbocycles. The van der Waals surface area contributed by atoms with Crippen molar-refractivity contribution < 1.29 is 5.11 Å². The standard InChI is InChI=1S/C53H41N.C7H8.CH3N.CH4O/c1-36-16-6-7-17-38-18-9-13-29-50(38)53(36)37(2)47-26-11-12-28-49(47)48-27-10-8-21-44(48)34-45-31-30-43(35-51(45)53)41-23-14-22-40(32-41)42-24-15-25-46(33-42)52(54)39-19-4-3-5-20-39;1-7-5-3-2-4-6-7;2*1-2/h3-33,35,52H,1-2,34,54H2;2-6H,1H3;2H,1H2;2H,1H3/b16-6-,17-7-;;;. The van der Waals surface area contributed by atoms with Gasteiger partial charge in [0.2, 0.25) is 0 Å². The van der Waals surface area contributed by atoms with E-state index in [0.29, 0.717) is 0 Å². The van der Waals surface area contributed by atoms with E-state index in [4.69, 9.17) is 29.4 Å². The predicted molar refractivity (Wildman–Crippen MR) is 277 cm³/mol. The van der Waals surface area contributed by atoms with E-state index in [0.717, 1.165) is 69.2 Å². The van der Waals surface area contributed by atoms with Gasteiger partial charge in [-0.2, -0.15) is 0 Å². The molecule has 0 saturated heterocycles. The van der Waals surface area contributed by atoms with Crippen LogP contribution in [-0.2, 0) is 11.8 Å². The summed E-state index contributed by atoms with van der Waals surface area (Å²) in [5, 5.41) is 12.5. The van der Waals surface area contributed by atoms with Crippen molar-refractivity contribution in [3.8, 4) is 33.4 Å². The van der Waals surface area contributed by atoms with Crippen LogP contribution in [0.15, 0.2) is 237 Å². The Morgan fingerprint density at radius 2 is 1.03 bits per heavy atom. The fraction of sp³-hybridized carbons (Fsp3) is 0.0806. The predicted octanol–water partition coefficient (Wildman–Crippen LogP) is 14.6. The first-order valence-corrected chi connectivity index (χ1v) is 21.9. The number of benzene rings is 8. The average Bonchev–Trinajstić information content (AvgIpc) is 3.41. The second-order valence-electron chi connectivity index (χ2n) is 16.1. The molecule has 2 unspecified atom stereocenters. The Kier molecular flexibility index (Phi) is 14.7. The SMILES string of the molecule is C=C1/C=C\C=C/c2ccccc2C12C(=C)c1ccccc1-c1ccccc1Cc1ccc(-c3cccc(-c4cccc(C(N)c5ccccc5)c4)c3)cc12.C=N.CO.Cc1ccccc1. The van der Waals surface area contributed by atoms with Crippen molar-refractivity contribution in [2.75, 3.05) is 7.11 Å². The zero-order chi connectivity index (χ0) is 45.8. The van der Waals surface area contributed by atoms with Crippen LogP contribution < -0.4 is 5.73 Å². The molecular weight excluding hydrogens is 789 g/mol. The Bertz CT molecular complexity index is 2980. The van der Waals surface area contributed by atoms with Crippen LogP contribution in [-0.4, -0.2) is 18.9 Å². The lowest BCUT2D eigenvalue weighted by Crippen LogP contribution is -2.33. The van der Waals surface area contributed by atoms with E-state index in [-0.39, 0.29) is 6.04 Å². The second-order valence-corrected chi connectivity index (χ2v) is 16.1. The van der Waals surface area contributed by atoms with Crippen LogP contribution in [0, 0.1) is 12.3 Å². The summed E-state index contributed by atoms with van der Waals surface area (Å²) >= 11 is 0. The van der Waals surface area contributed by atoms with Crippen LogP contribution >= 0.6 is 0 Å². The molecular formula is C62H56N2O. The minimum absolute atomic E-state index is 0.199. The van der Waals surface area contributed by atoms with Gasteiger partial charge in [0.25, 0.3) is 0 Å². The molecule has 2 atom stereocenters. The number of aliphatic hydroxyl groups is 1. The van der Waals surface area contributed by atoms with Gasteiger partial charge >= 0.3 is 0 Å². The molecule has 0 amide bonds. The highest BCUT2D eigenvalue weighted by Crippen LogP contribution is 2.54. The highest BCUT2D eigenvalue weighted by atomic mass is 16.2. The lowest BCUT2D eigenvalue weighted by atomic mass is 9.60. The van der Waals surface area contributed by atoms with Crippen molar-refractivity contribution in [3.05, 3.63) is 287 Å². The average molecular weight is 845 g/mol. The van der Waals surface area contributed by atoms with E-state index in [9.17, 15) is 0 Å². The third-order valence-electron chi connectivity index (χ3n) is 12.3. The number of aliphatic hydroxyl groups excluding tert-OH is 1. The van der Waals surface area contributed by atoms with Gasteiger partial charge in [-0.3, -0.25) is 0 Å². The number of hydrogen-bond acceptors (Lipinski definition) is 3. The van der Waals surface area contributed by atoms with Crippen molar-refractivity contribution in [2.24, 2.45) is 5.73 Å². The first-order valence-electron chi connectivity index (χ1n) is 21.9. The number of nitrogens with one attached hydrogen (secondary N) is 1. The molecule has 3 nitrogen and oxygen atoms in total. The summed E-state index contributed by atoms with van der Waals surface area (Å²) in [5.41, 5.74) is 25.8. The summed E-state index contributed by atoms with van der Waals surface area (Å²) in [4.78, 5) is 0. The number of rotatable bonds is 4. The topological polar surface area (TPSA) is 70.1 Å². The minimum Gasteiger partial charge on any atom is -0.400 e. The number of nitrogens with two attached hydrogens (primary N) is 1. The first kappa shape index (κ1) is 45.3. The van der Waals surface area contributed by atoms with Crippen molar-refractivity contribution in [3.63, 3.8) is 0 Å². The molecule has 0 bridgehead atoms. The molecule has 3 heteroatoms. The molecule has 65 heavy (non-hydrogen) atoms. The van der Waals surface area contributed by atoms with Crippen LogP contribution in [0.4, 0.5) is 0 Å². The first-order chi connectivity index (χ1) is 31.9. The van der Waals surface area contributed by atoms with Crippen molar-refractivity contribution in [1.29, 1.82) is 5.41 Å². The Labute approximate surface area is 385 Å². The van der Waals surface area contributed by atoms with Crippen LogP contribution in [0.3, 0.4) is 0 Å². The molecule has 2 aliphatic carbocycles. The number of aryl methyl sites for hydroxylation is 1. The van der Waals surface area contributed by atoms with E-state index >= 15 is 0 Å². The third-order valence-corrected chi connectivity index (χ3v) is 12.3. The van der Waals surface area contributed by atoms with Crippen LogP contribution in [0.25, 0.3) is 45.0 Å². The number of hydrogen-bond donors (Lipinski definition) is 3. The van der Waals surface area contributed by atoms with E-state index in [2.05, 4.69) is 202 Å². The van der Waals surface area contributed by atoms with Crippen LogP contribution in [0.5, 0.6) is 0 Å². The zero-order valence-electron chi connectivity index (χ0n) is 37.3. The van der Waals surface area contributed by atoms with Gasteiger partial charge in [-0.15, -0.1) is 0 Å².